The van der Waals surface area contributed by atoms with Crippen molar-refractivity contribution < 1.29 is 0 Å². The van der Waals surface area contributed by atoms with Gasteiger partial charge in [-0.15, -0.1) is 0 Å². The van der Waals surface area contributed by atoms with Crippen molar-refractivity contribution in [1.29, 1.82) is 0 Å². The molecular weight excluding hydrogens is 396 g/mol. The van der Waals surface area contributed by atoms with Crippen molar-refractivity contribution in [1.82, 2.24) is 4.98 Å². The van der Waals surface area contributed by atoms with Crippen molar-refractivity contribution in [3.63, 3.8) is 0 Å². The number of unbranched alkanes of at least 4 members (excludes halogenated alkanes) is 1. The summed E-state index contributed by atoms with van der Waals surface area (Å²) in [5, 5.41) is 1.17. The van der Waals surface area contributed by atoms with Crippen LogP contribution in [0.4, 0.5) is 5.13 Å². The third-order valence-electron chi connectivity index (χ3n) is 6.39. The van der Waals surface area contributed by atoms with Crippen LogP contribution >= 0.6 is 11.3 Å². The van der Waals surface area contributed by atoms with Crippen LogP contribution in [0.1, 0.15) is 49.3 Å². The number of benzene rings is 3. The number of thiazole rings is 1. The van der Waals surface area contributed by atoms with Crippen molar-refractivity contribution in [2.75, 3.05) is 11.4 Å². The molecule has 0 atom stereocenters. The van der Waals surface area contributed by atoms with Crippen molar-refractivity contribution >= 4 is 26.7 Å². The number of rotatable bonds is 7. The first-order valence-electron chi connectivity index (χ1n) is 11.6. The first-order valence-corrected chi connectivity index (χ1v) is 12.4. The van der Waals surface area contributed by atoms with Crippen molar-refractivity contribution in [3.8, 4) is 11.1 Å². The minimum atomic E-state index is 0.896. The predicted octanol–water partition coefficient (Wildman–Crippen LogP) is 7.65. The summed E-state index contributed by atoms with van der Waals surface area (Å²) >= 11 is 1.86. The van der Waals surface area contributed by atoms with Crippen molar-refractivity contribution in [3.05, 3.63) is 83.4 Å². The third kappa shape index (κ3) is 4.24. The van der Waals surface area contributed by atoms with Gasteiger partial charge in [0.1, 0.15) is 0 Å². The maximum atomic E-state index is 5.22. The van der Waals surface area contributed by atoms with Crippen LogP contribution in [0.5, 0.6) is 0 Å². The summed E-state index contributed by atoms with van der Waals surface area (Å²) in [6.45, 7) is 4.21. The molecule has 0 amide bonds. The first kappa shape index (κ1) is 20.3. The number of aryl methyl sites for hydroxylation is 2. The van der Waals surface area contributed by atoms with E-state index in [0.29, 0.717) is 0 Å². The fourth-order valence-electron chi connectivity index (χ4n) is 4.70. The van der Waals surface area contributed by atoms with Gasteiger partial charge in [0.25, 0.3) is 0 Å². The van der Waals surface area contributed by atoms with Crippen LogP contribution in [0.3, 0.4) is 0 Å². The lowest BCUT2D eigenvalue weighted by atomic mass is 9.91. The molecular formula is C28H30N2S. The smallest absolute Gasteiger partial charge is 0.186 e. The highest BCUT2D eigenvalue weighted by atomic mass is 32.1. The van der Waals surface area contributed by atoms with Crippen LogP contribution in [0, 0.1) is 0 Å². The number of fused-ring (bicyclic) bond motifs is 3. The number of hydrogen-bond donors (Lipinski definition) is 0. The Kier molecular flexibility index (Phi) is 6.04. The van der Waals surface area contributed by atoms with E-state index in [0.717, 1.165) is 13.1 Å². The second-order valence-electron chi connectivity index (χ2n) is 8.55. The number of hydrogen-bond acceptors (Lipinski definition) is 3. The average Bonchev–Trinajstić information content (AvgIpc) is 3.27. The van der Waals surface area contributed by atoms with Gasteiger partial charge in [0.15, 0.2) is 5.13 Å². The fourth-order valence-corrected chi connectivity index (χ4v) is 5.72. The van der Waals surface area contributed by atoms with Crippen molar-refractivity contribution in [2.45, 2.75) is 52.0 Å². The summed E-state index contributed by atoms with van der Waals surface area (Å²) in [6.07, 6.45) is 7.37. The molecule has 0 spiro atoms. The Labute approximate surface area is 189 Å². The molecule has 0 radical (unpaired) electrons. The van der Waals surface area contributed by atoms with Gasteiger partial charge in [0.05, 0.1) is 10.2 Å². The zero-order valence-electron chi connectivity index (χ0n) is 18.3. The Bertz CT molecular complexity index is 1160. The number of anilines is 1. The van der Waals surface area contributed by atoms with Crippen LogP contribution in [-0.2, 0) is 19.4 Å². The molecule has 1 aliphatic carbocycles. The van der Waals surface area contributed by atoms with Gasteiger partial charge in [0, 0.05) is 13.1 Å². The summed E-state index contributed by atoms with van der Waals surface area (Å²) in [7, 11) is 0. The number of aromatic nitrogens is 1. The lowest BCUT2D eigenvalue weighted by Gasteiger charge is -2.23. The summed E-state index contributed by atoms with van der Waals surface area (Å²) < 4.78 is 1.34. The molecule has 0 saturated heterocycles. The molecule has 3 heteroatoms. The normalized spacial score (nSPS) is 13.3. The van der Waals surface area contributed by atoms with E-state index in [-0.39, 0.29) is 0 Å². The number of nitrogens with zero attached hydrogens (tertiary/aromatic N) is 2. The van der Waals surface area contributed by atoms with E-state index in [1.807, 2.05) is 11.3 Å². The van der Waals surface area contributed by atoms with E-state index in [9.17, 15) is 0 Å². The molecule has 0 N–H and O–H groups in total. The second-order valence-corrected chi connectivity index (χ2v) is 9.56. The maximum absolute atomic E-state index is 5.22. The third-order valence-corrected chi connectivity index (χ3v) is 7.47. The first-order chi connectivity index (χ1) is 15.3. The highest BCUT2D eigenvalue weighted by Crippen LogP contribution is 2.36. The summed E-state index contributed by atoms with van der Waals surface area (Å²) in [5.74, 6) is 0. The molecule has 1 heterocycles. The molecule has 31 heavy (non-hydrogen) atoms. The van der Waals surface area contributed by atoms with Gasteiger partial charge >= 0.3 is 0 Å². The molecule has 1 aliphatic rings. The SMILES string of the molecule is CCCCN(Cc1ccccc1-c1ccccc1)c1nc2c3c(ccc2s1)CCCC3. The molecule has 1 aromatic heterocycles. The molecule has 158 valence electrons. The Morgan fingerprint density at radius 1 is 0.903 bits per heavy atom. The van der Waals surface area contributed by atoms with Gasteiger partial charge < -0.3 is 4.90 Å². The molecule has 0 unspecified atom stereocenters. The zero-order valence-corrected chi connectivity index (χ0v) is 19.1. The largest absolute Gasteiger partial charge is 0.344 e. The van der Waals surface area contributed by atoms with E-state index in [1.54, 1.807) is 0 Å². The van der Waals surface area contributed by atoms with Crippen LogP contribution in [0.2, 0.25) is 0 Å². The molecule has 0 aliphatic heterocycles. The van der Waals surface area contributed by atoms with Crippen LogP contribution in [0.25, 0.3) is 21.3 Å². The molecule has 3 aromatic carbocycles. The summed E-state index contributed by atoms with van der Waals surface area (Å²) in [4.78, 5) is 7.73. The van der Waals surface area contributed by atoms with Gasteiger partial charge in [-0.2, -0.15) is 0 Å². The highest BCUT2D eigenvalue weighted by Gasteiger charge is 2.19. The van der Waals surface area contributed by atoms with E-state index < -0.39 is 0 Å². The van der Waals surface area contributed by atoms with Crippen LogP contribution < -0.4 is 4.90 Å². The Morgan fingerprint density at radius 2 is 1.71 bits per heavy atom. The van der Waals surface area contributed by atoms with E-state index in [1.165, 1.54) is 81.7 Å². The lowest BCUT2D eigenvalue weighted by molar-refractivity contribution is 0.688. The quantitative estimate of drug-likeness (QED) is 0.302. The zero-order chi connectivity index (χ0) is 21.0. The van der Waals surface area contributed by atoms with E-state index >= 15 is 0 Å². The van der Waals surface area contributed by atoms with E-state index in [4.69, 9.17) is 4.98 Å². The molecule has 0 saturated carbocycles. The second kappa shape index (κ2) is 9.23. The average molecular weight is 427 g/mol. The monoisotopic (exact) mass is 426 g/mol. The minimum Gasteiger partial charge on any atom is -0.344 e. The highest BCUT2D eigenvalue weighted by molar-refractivity contribution is 7.22. The fraction of sp³-hybridized carbons (Fsp3) is 0.321. The van der Waals surface area contributed by atoms with Crippen LogP contribution in [0.15, 0.2) is 66.7 Å². The van der Waals surface area contributed by atoms with Gasteiger partial charge in [-0.25, -0.2) is 4.98 Å². The Morgan fingerprint density at radius 3 is 2.58 bits per heavy atom. The minimum absolute atomic E-state index is 0.896. The predicted molar refractivity (Wildman–Crippen MR) is 134 cm³/mol. The topological polar surface area (TPSA) is 16.1 Å². The lowest BCUT2D eigenvalue weighted by Crippen LogP contribution is -2.24. The molecule has 2 nitrogen and oxygen atoms in total. The van der Waals surface area contributed by atoms with Gasteiger partial charge in [-0.1, -0.05) is 85.3 Å². The molecule has 5 rings (SSSR count). The standard InChI is InChI=1S/C28H30N2S/c1-2-3-19-30(20-23-14-8-9-15-24(23)21-11-5-4-6-12-21)28-29-27-25-16-10-7-13-22(25)17-18-26(27)31-28/h4-6,8-9,11-12,14-15,17-18H,2-3,7,10,13,16,19-20H2,1H3. The molecule has 0 fully saturated rings. The van der Waals surface area contributed by atoms with Gasteiger partial charge in [0.2, 0.25) is 0 Å². The molecule has 0 bridgehead atoms. The summed E-state index contributed by atoms with van der Waals surface area (Å²) in [6, 6.07) is 24.2. The summed E-state index contributed by atoms with van der Waals surface area (Å²) in [5.41, 5.74) is 8.26. The van der Waals surface area contributed by atoms with E-state index in [2.05, 4.69) is 78.6 Å². The Hall–Kier alpha value is -2.65. The molecule has 4 aromatic rings. The maximum Gasteiger partial charge on any atom is 0.186 e. The Balaban J connectivity index is 1.52. The van der Waals surface area contributed by atoms with Crippen LogP contribution in [-0.4, -0.2) is 11.5 Å². The van der Waals surface area contributed by atoms with Gasteiger partial charge in [-0.05, 0) is 66.0 Å². The van der Waals surface area contributed by atoms with Crippen molar-refractivity contribution in [2.24, 2.45) is 0 Å². The van der Waals surface area contributed by atoms with Gasteiger partial charge in [-0.3, -0.25) is 0 Å².